The van der Waals surface area contributed by atoms with E-state index in [1.54, 1.807) is 0 Å². The van der Waals surface area contributed by atoms with Crippen LogP contribution < -0.4 is 31.9 Å². The summed E-state index contributed by atoms with van der Waals surface area (Å²) in [5.41, 5.74) is 0.961. The Morgan fingerprint density at radius 2 is 0.443 bits per heavy atom. The third-order valence-corrected chi connectivity index (χ3v) is 23.4. The molecule has 8 rings (SSSR count). The van der Waals surface area contributed by atoms with E-state index in [0.717, 1.165) is 19.6 Å². The first-order chi connectivity index (χ1) is 35.2. The molecule has 0 aromatic rings. The predicted molar refractivity (Wildman–Crippen MR) is 337 cm³/mol. The maximum Gasteiger partial charge on any atom is 0.162 e. The van der Waals surface area contributed by atoms with Crippen LogP contribution in [0.5, 0.6) is 0 Å². The van der Waals surface area contributed by atoms with E-state index in [1.807, 2.05) is 0 Å². The number of ether oxygens (including phenoxy) is 2. The van der Waals surface area contributed by atoms with Crippen LogP contribution in [0.3, 0.4) is 0 Å². The van der Waals surface area contributed by atoms with Gasteiger partial charge in [-0.05, 0) is 327 Å². The second-order valence-corrected chi connectivity index (χ2v) is 40.1. The summed E-state index contributed by atoms with van der Waals surface area (Å²) in [6.45, 7) is 72.6. The van der Waals surface area contributed by atoms with Gasteiger partial charge in [-0.25, -0.2) is 0 Å². The fraction of sp³-hybridized carbons (Fsp3) is 1.00. The van der Waals surface area contributed by atoms with Crippen LogP contribution in [-0.2, 0) is 9.47 Å². The Hall–Kier alpha value is -0.320. The molecule has 7 saturated heterocycles. The fourth-order valence-electron chi connectivity index (χ4n) is 23.7. The monoisotopic (exact) mass is 1100 g/mol. The molecule has 8 nitrogen and oxygen atoms in total. The highest BCUT2D eigenvalue weighted by Gasteiger charge is 2.66. The Morgan fingerprint density at radius 1 is 0.266 bits per heavy atom. The van der Waals surface area contributed by atoms with Gasteiger partial charge in [-0.15, -0.1) is 0 Å². The summed E-state index contributed by atoms with van der Waals surface area (Å²) in [4.78, 5) is 0. The van der Waals surface area contributed by atoms with E-state index in [-0.39, 0.29) is 99.8 Å². The molecular formula is C71H134N6O2. The first-order valence-corrected chi connectivity index (χ1v) is 33.1. The summed E-state index contributed by atoms with van der Waals surface area (Å²) in [6.07, 6.45) is 19.2. The zero-order valence-corrected chi connectivity index (χ0v) is 57.7. The van der Waals surface area contributed by atoms with Gasteiger partial charge in [0.05, 0.1) is 13.2 Å². The van der Waals surface area contributed by atoms with Crippen molar-refractivity contribution in [1.82, 2.24) is 31.9 Å². The smallest absolute Gasteiger partial charge is 0.162 e. The zero-order chi connectivity index (χ0) is 59.5. The van der Waals surface area contributed by atoms with Crippen LogP contribution in [0.4, 0.5) is 0 Å². The molecule has 1 spiro atoms. The average molecular weight is 1100 g/mol. The molecular weight excluding hydrogens is 969 g/mol. The number of piperidine rings is 6. The lowest BCUT2D eigenvalue weighted by Crippen LogP contribution is -2.69. The summed E-state index contributed by atoms with van der Waals surface area (Å²) < 4.78 is 14.9. The van der Waals surface area contributed by atoms with Crippen molar-refractivity contribution in [1.29, 1.82) is 0 Å². The standard InChI is InChI=1S/C71H134N6O2/c1-55(2,43-70(48-29-57(5,6)72-58(7,8)30-48,49-31-59(9,10)73-60(11,12)32-49)50-33-61(13,14)74-62(15,16)34-50)47-41-69(42-47)45-78-54(79-46-69)56(3,4)44-71(51-35-63(17,18)75-64(19,20)36-51,52-37-65(21,22)76-66(23,24)38-52)53-39-67(25,26)77-68(27,28)40-53/h47-54,72-77H,29-46H2,1-28H3. The van der Waals surface area contributed by atoms with Gasteiger partial charge in [0.25, 0.3) is 0 Å². The highest BCUT2D eigenvalue weighted by molar-refractivity contribution is 5.18. The molecule has 8 heteroatoms. The number of rotatable bonds is 12. The van der Waals surface area contributed by atoms with Crippen molar-refractivity contribution >= 4 is 0 Å². The molecule has 1 aliphatic carbocycles. The molecule has 460 valence electrons. The van der Waals surface area contributed by atoms with Gasteiger partial charge in [-0.1, -0.05) is 27.7 Å². The van der Waals surface area contributed by atoms with Crippen LogP contribution in [0.1, 0.15) is 297 Å². The van der Waals surface area contributed by atoms with Gasteiger partial charge >= 0.3 is 0 Å². The van der Waals surface area contributed by atoms with Crippen LogP contribution in [-0.4, -0.2) is 86.0 Å². The van der Waals surface area contributed by atoms with Crippen molar-refractivity contribution in [3.05, 3.63) is 0 Å². The first-order valence-electron chi connectivity index (χ1n) is 33.1. The minimum atomic E-state index is -0.227. The Morgan fingerprint density at radius 3 is 0.633 bits per heavy atom. The largest absolute Gasteiger partial charge is 0.351 e. The maximum atomic E-state index is 7.46. The molecule has 79 heavy (non-hydrogen) atoms. The molecule has 7 aliphatic heterocycles. The van der Waals surface area contributed by atoms with Crippen molar-refractivity contribution in [3.8, 4) is 0 Å². The van der Waals surface area contributed by atoms with Gasteiger partial charge in [0, 0.05) is 77.3 Å². The maximum absolute atomic E-state index is 7.46. The van der Waals surface area contributed by atoms with Crippen molar-refractivity contribution < 1.29 is 9.47 Å². The summed E-state index contributed by atoms with van der Waals surface area (Å²) in [7, 11) is 0. The van der Waals surface area contributed by atoms with E-state index in [0.29, 0.717) is 41.4 Å². The number of hydrogen-bond acceptors (Lipinski definition) is 8. The second kappa shape index (κ2) is 19.9. The van der Waals surface area contributed by atoms with Crippen LogP contribution in [0.2, 0.25) is 0 Å². The van der Waals surface area contributed by atoms with Crippen LogP contribution in [0.25, 0.3) is 0 Å². The van der Waals surface area contributed by atoms with E-state index < -0.39 is 0 Å². The van der Waals surface area contributed by atoms with Crippen LogP contribution in [0, 0.1) is 68.5 Å². The van der Waals surface area contributed by atoms with Crippen LogP contribution in [0.15, 0.2) is 0 Å². The van der Waals surface area contributed by atoms with E-state index in [1.165, 1.54) is 96.3 Å². The predicted octanol–water partition coefficient (Wildman–Crippen LogP) is 15.9. The van der Waals surface area contributed by atoms with E-state index in [9.17, 15) is 0 Å². The van der Waals surface area contributed by atoms with Gasteiger partial charge in [-0.2, -0.15) is 0 Å². The Bertz CT molecular complexity index is 1890. The van der Waals surface area contributed by atoms with Crippen molar-refractivity contribution in [2.75, 3.05) is 13.2 Å². The first kappa shape index (κ1) is 64.7. The Balaban J connectivity index is 1.12. The van der Waals surface area contributed by atoms with E-state index in [4.69, 9.17) is 9.47 Å². The quantitative estimate of drug-likeness (QED) is 0.115. The second-order valence-electron chi connectivity index (χ2n) is 40.1. The lowest BCUT2D eigenvalue weighted by molar-refractivity contribution is -0.302. The molecule has 8 fully saturated rings. The van der Waals surface area contributed by atoms with Gasteiger partial charge < -0.3 is 41.4 Å². The molecule has 8 aliphatic rings. The minimum Gasteiger partial charge on any atom is -0.351 e. The highest BCUT2D eigenvalue weighted by Crippen LogP contribution is 2.69. The lowest BCUT2D eigenvalue weighted by Gasteiger charge is -2.67. The van der Waals surface area contributed by atoms with Crippen molar-refractivity contribution in [3.63, 3.8) is 0 Å². The molecule has 0 aromatic heterocycles. The van der Waals surface area contributed by atoms with E-state index >= 15 is 0 Å². The summed E-state index contributed by atoms with van der Waals surface area (Å²) in [5.74, 6) is 4.19. The zero-order valence-electron chi connectivity index (χ0n) is 57.7. The summed E-state index contributed by atoms with van der Waals surface area (Å²) >= 11 is 0. The fourth-order valence-corrected chi connectivity index (χ4v) is 23.7. The van der Waals surface area contributed by atoms with Crippen molar-refractivity contribution in [2.24, 2.45) is 68.5 Å². The third-order valence-electron chi connectivity index (χ3n) is 23.4. The normalized spacial score (nSPS) is 34.9. The SMILES string of the molecule is CC1(C)CC(C(CC(C)(C)C2CC3(COC(C(C)(C)CC(C4CC(C)(C)NC(C)(C)C4)(C4CC(C)(C)NC(C)(C)C4)C4CC(C)(C)NC(C)(C)C4)OC3)C2)(C2CC(C)(C)NC(C)(C)C2)C2CC(C)(C)NC(C)(C)C2)CC(C)(C)N1. The molecule has 0 aromatic carbocycles. The number of nitrogens with one attached hydrogen (secondary N) is 6. The minimum absolute atomic E-state index is 0.0402. The molecule has 6 N–H and O–H groups in total. The van der Waals surface area contributed by atoms with Crippen molar-refractivity contribution in [2.45, 2.75) is 369 Å². The topological polar surface area (TPSA) is 90.6 Å². The van der Waals surface area contributed by atoms with Gasteiger partial charge in [0.15, 0.2) is 6.29 Å². The Labute approximate surface area is 490 Å². The summed E-state index contributed by atoms with van der Waals surface area (Å²) in [5, 5.41) is 25.1. The van der Waals surface area contributed by atoms with Gasteiger partial charge in [0.2, 0.25) is 0 Å². The Kier molecular flexibility index (Phi) is 16.3. The van der Waals surface area contributed by atoms with Gasteiger partial charge in [-0.3, -0.25) is 0 Å². The molecule has 0 unspecified atom stereocenters. The molecule has 0 amide bonds. The number of hydrogen-bond donors (Lipinski definition) is 6. The van der Waals surface area contributed by atoms with E-state index in [2.05, 4.69) is 226 Å². The average Bonchev–Trinajstić information content (AvgIpc) is 3.14. The summed E-state index contributed by atoms with van der Waals surface area (Å²) in [6, 6.07) is 0. The molecule has 0 radical (unpaired) electrons. The molecule has 7 heterocycles. The highest BCUT2D eigenvalue weighted by atomic mass is 16.7. The molecule has 0 atom stereocenters. The lowest BCUT2D eigenvalue weighted by atomic mass is 9.42. The molecule has 1 saturated carbocycles. The molecule has 0 bridgehead atoms. The van der Waals surface area contributed by atoms with Gasteiger partial charge in [0.1, 0.15) is 0 Å². The third kappa shape index (κ3) is 14.1. The van der Waals surface area contributed by atoms with Crippen LogP contribution >= 0.6 is 0 Å².